The molecule has 2 aromatic carbocycles. The molecule has 2 heterocycles. The average Bonchev–Trinajstić information content (AvgIpc) is 3.19. The molecule has 31 heavy (non-hydrogen) atoms. The second kappa shape index (κ2) is 9.72. The quantitative estimate of drug-likeness (QED) is 0.380. The predicted octanol–water partition coefficient (Wildman–Crippen LogP) is 3.16. The van der Waals surface area contributed by atoms with Crippen molar-refractivity contribution in [3.05, 3.63) is 65.5 Å². The number of halogens is 1. The smallest absolute Gasteiger partial charge is 0.199 e. The maximum Gasteiger partial charge on any atom is 0.199 e. The molecule has 162 valence electrons. The number of hydrogen-bond acceptors (Lipinski definition) is 6. The van der Waals surface area contributed by atoms with Crippen molar-refractivity contribution in [3.8, 4) is 11.3 Å². The highest BCUT2D eigenvalue weighted by atomic mass is 19.1. The molecule has 3 aromatic rings. The number of H-pyrrole nitrogens is 1. The standard InChI is InChI=1S/C23H26FN5O2/c24-18-7-5-16(6-8-18)21-20(23(25)28-27-21)22(30)17-3-1-4-19(15-17)26-9-2-10-29-11-13-31-14-12-29/h1,3-8,15,26H,2,9-14H2,(H3,25,27,28). The number of aromatic nitrogens is 2. The van der Waals surface area contributed by atoms with Gasteiger partial charge in [0.2, 0.25) is 0 Å². The maximum absolute atomic E-state index is 13.3. The van der Waals surface area contributed by atoms with Gasteiger partial charge in [0, 0.05) is 36.4 Å². The summed E-state index contributed by atoms with van der Waals surface area (Å²) in [5.41, 5.74) is 8.71. The molecule has 0 aliphatic carbocycles. The van der Waals surface area contributed by atoms with Crippen LogP contribution in [0.15, 0.2) is 48.5 Å². The molecular weight excluding hydrogens is 397 g/mol. The molecular formula is C23H26FN5O2. The first-order chi connectivity index (χ1) is 15.1. The minimum absolute atomic E-state index is 0.188. The summed E-state index contributed by atoms with van der Waals surface area (Å²) < 4.78 is 18.6. The second-order valence-electron chi connectivity index (χ2n) is 7.51. The van der Waals surface area contributed by atoms with Gasteiger partial charge in [-0.3, -0.25) is 14.8 Å². The van der Waals surface area contributed by atoms with E-state index < -0.39 is 0 Å². The number of hydrogen-bond donors (Lipinski definition) is 3. The molecule has 1 aromatic heterocycles. The third kappa shape index (κ3) is 5.10. The lowest BCUT2D eigenvalue weighted by Crippen LogP contribution is -2.37. The maximum atomic E-state index is 13.3. The summed E-state index contributed by atoms with van der Waals surface area (Å²) in [5, 5.41) is 10.2. The largest absolute Gasteiger partial charge is 0.385 e. The molecule has 4 N–H and O–H groups in total. The number of ether oxygens (including phenoxy) is 1. The first-order valence-corrected chi connectivity index (χ1v) is 10.4. The molecule has 0 atom stereocenters. The van der Waals surface area contributed by atoms with Crippen LogP contribution >= 0.6 is 0 Å². The van der Waals surface area contributed by atoms with Crippen molar-refractivity contribution in [3.63, 3.8) is 0 Å². The molecule has 4 rings (SSSR count). The van der Waals surface area contributed by atoms with Gasteiger partial charge in [0.15, 0.2) is 5.78 Å². The third-order valence-electron chi connectivity index (χ3n) is 5.35. The number of morpholine rings is 1. The van der Waals surface area contributed by atoms with Gasteiger partial charge in [-0.05, 0) is 49.4 Å². The molecule has 0 unspecified atom stereocenters. The fraction of sp³-hybridized carbons (Fsp3) is 0.304. The lowest BCUT2D eigenvalue weighted by molar-refractivity contribution is 0.0378. The van der Waals surface area contributed by atoms with E-state index in [1.54, 1.807) is 18.2 Å². The van der Waals surface area contributed by atoms with E-state index in [0.29, 0.717) is 16.8 Å². The van der Waals surface area contributed by atoms with Crippen LogP contribution < -0.4 is 11.1 Å². The van der Waals surface area contributed by atoms with Gasteiger partial charge in [-0.1, -0.05) is 12.1 Å². The molecule has 8 heteroatoms. The van der Waals surface area contributed by atoms with Gasteiger partial charge in [-0.25, -0.2) is 4.39 Å². The molecule has 0 amide bonds. The molecule has 1 aliphatic rings. The van der Waals surface area contributed by atoms with Crippen LogP contribution in [-0.2, 0) is 4.74 Å². The topological polar surface area (TPSA) is 96.3 Å². The lowest BCUT2D eigenvalue weighted by Gasteiger charge is -2.26. The Bertz CT molecular complexity index is 1030. The Hall–Kier alpha value is -3.23. The zero-order valence-electron chi connectivity index (χ0n) is 17.2. The van der Waals surface area contributed by atoms with E-state index in [4.69, 9.17) is 10.5 Å². The molecule has 0 spiro atoms. The Morgan fingerprint density at radius 2 is 1.97 bits per heavy atom. The van der Waals surface area contributed by atoms with Crippen LogP contribution in [0.3, 0.4) is 0 Å². The number of ketones is 1. The van der Waals surface area contributed by atoms with Crippen LogP contribution in [0.25, 0.3) is 11.3 Å². The van der Waals surface area contributed by atoms with Gasteiger partial charge in [-0.2, -0.15) is 5.10 Å². The number of carbonyl (C=O) groups excluding carboxylic acids is 1. The van der Waals surface area contributed by atoms with Crippen LogP contribution in [0.4, 0.5) is 15.9 Å². The van der Waals surface area contributed by atoms with E-state index in [1.807, 2.05) is 18.2 Å². The van der Waals surface area contributed by atoms with Crippen molar-refractivity contribution >= 4 is 17.3 Å². The van der Waals surface area contributed by atoms with E-state index in [9.17, 15) is 9.18 Å². The van der Waals surface area contributed by atoms with Crippen molar-refractivity contribution in [2.24, 2.45) is 0 Å². The molecule has 1 saturated heterocycles. The number of anilines is 2. The van der Waals surface area contributed by atoms with Crippen LogP contribution in [0.2, 0.25) is 0 Å². The number of aromatic amines is 1. The summed E-state index contributed by atoms with van der Waals surface area (Å²) in [7, 11) is 0. The summed E-state index contributed by atoms with van der Waals surface area (Å²) in [4.78, 5) is 15.6. The van der Waals surface area contributed by atoms with E-state index >= 15 is 0 Å². The fourth-order valence-electron chi connectivity index (χ4n) is 3.68. The average molecular weight is 423 g/mol. The van der Waals surface area contributed by atoms with Crippen molar-refractivity contribution in [2.75, 3.05) is 50.4 Å². The second-order valence-corrected chi connectivity index (χ2v) is 7.51. The van der Waals surface area contributed by atoms with E-state index in [-0.39, 0.29) is 23.0 Å². The molecule has 0 radical (unpaired) electrons. The zero-order valence-corrected chi connectivity index (χ0v) is 17.2. The highest BCUT2D eigenvalue weighted by Gasteiger charge is 2.22. The summed E-state index contributed by atoms with van der Waals surface area (Å²) in [5.74, 6) is -0.400. The number of nitrogens with one attached hydrogen (secondary N) is 2. The number of nitrogens with two attached hydrogens (primary N) is 1. The van der Waals surface area contributed by atoms with Gasteiger partial charge >= 0.3 is 0 Å². The Kier molecular flexibility index (Phi) is 6.59. The van der Waals surface area contributed by atoms with E-state index in [1.165, 1.54) is 12.1 Å². The SMILES string of the molecule is Nc1[nH]nc(-c2ccc(F)cc2)c1C(=O)c1cccc(NCCCN2CCOCC2)c1. The summed E-state index contributed by atoms with van der Waals surface area (Å²) >= 11 is 0. The van der Waals surface area contributed by atoms with Gasteiger partial charge in [-0.15, -0.1) is 0 Å². The van der Waals surface area contributed by atoms with Crippen molar-refractivity contribution < 1.29 is 13.9 Å². The molecule has 0 bridgehead atoms. The fourth-order valence-corrected chi connectivity index (χ4v) is 3.68. The van der Waals surface area contributed by atoms with Crippen LogP contribution in [0, 0.1) is 5.82 Å². The van der Waals surface area contributed by atoms with Gasteiger partial charge in [0.25, 0.3) is 0 Å². The summed E-state index contributed by atoms with van der Waals surface area (Å²) in [6.45, 7) is 5.38. The van der Waals surface area contributed by atoms with Crippen molar-refractivity contribution in [2.45, 2.75) is 6.42 Å². The van der Waals surface area contributed by atoms with Gasteiger partial charge in [0.05, 0.1) is 18.8 Å². The Morgan fingerprint density at radius 3 is 2.74 bits per heavy atom. The highest BCUT2D eigenvalue weighted by molar-refractivity contribution is 6.15. The summed E-state index contributed by atoms with van der Waals surface area (Å²) in [6, 6.07) is 13.2. The van der Waals surface area contributed by atoms with Crippen LogP contribution in [0.1, 0.15) is 22.3 Å². The van der Waals surface area contributed by atoms with Crippen molar-refractivity contribution in [1.29, 1.82) is 0 Å². The van der Waals surface area contributed by atoms with Gasteiger partial charge in [0.1, 0.15) is 17.3 Å². The normalized spacial score (nSPS) is 14.5. The highest BCUT2D eigenvalue weighted by Crippen LogP contribution is 2.28. The monoisotopic (exact) mass is 423 g/mol. The van der Waals surface area contributed by atoms with Crippen molar-refractivity contribution in [1.82, 2.24) is 15.1 Å². The van der Waals surface area contributed by atoms with Crippen LogP contribution in [-0.4, -0.2) is 60.3 Å². The number of benzene rings is 2. The Morgan fingerprint density at radius 1 is 1.19 bits per heavy atom. The van der Waals surface area contributed by atoms with Gasteiger partial charge < -0.3 is 15.8 Å². The number of nitrogen functional groups attached to an aromatic ring is 1. The minimum Gasteiger partial charge on any atom is -0.385 e. The number of rotatable bonds is 8. The summed E-state index contributed by atoms with van der Waals surface area (Å²) in [6.07, 6.45) is 1.00. The predicted molar refractivity (Wildman–Crippen MR) is 119 cm³/mol. The van der Waals surface area contributed by atoms with E-state index in [2.05, 4.69) is 20.4 Å². The molecule has 1 fully saturated rings. The molecule has 1 aliphatic heterocycles. The van der Waals surface area contributed by atoms with Crippen LogP contribution in [0.5, 0.6) is 0 Å². The molecule has 7 nitrogen and oxygen atoms in total. The minimum atomic E-state index is -0.354. The number of carbonyl (C=O) groups is 1. The van der Waals surface area contributed by atoms with E-state index in [0.717, 1.165) is 51.5 Å². The first-order valence-electron chi connectivity index (χ1n) is 10.4. The molecule has 0 saturated carbocycles. The third-order valence-corrected chi connectivity index (χ3v) is 5.35. The lowest BCUT2D eigenvalue weighted by atomic mass is 9.99. The number of nitrogens with zero attached hydrogens (tertiary/aromatic N) is 2. The zero-order chi connectivity index (χ0) is 21.6. The Labute approximate surface area is 180 Å². The Balaban J connectivity index is 1.43. The first kappa shape index (κ1) is 21.0.